The quantitative estimate of drug-likeness (QED) is 0.323. The number of hydrogen-bond acceptors (Lipinski definition) is 4. The van der Waals surface area contributed by atoms with E-state index < -0.39 is 0 Å². The lowest BCUT2D eigenvalue weighted by Gasteiger charge is -2.62. The Hall–Kier alpha value is -0.430. The molecule has 0 radical (unpaired) electrons. The van der Waals surface area contributed by atoms with Gasteiger partial charge in [-0.3, -0.25) is 4.79 Å². The number of fused-ring (bicyclic) bond motifs is 5. The van der Waals surface area contributed by atoms with Crippen molar-refractivity contribution in [2.24, 2.45) is 52.3 Å². The third-order valence-electron chi connectivity index (χ3n) is 11.8. The molecule has 37 heavy (non-hydrogen) atoms. The molecule has 6 heteroatoms. The first-order valence-corrected chi connectivity index (χ1v) is 16.5. The minimum Gasteiger partial charge on any atom is -0.393 e. The van der Waals surface area contributed by atoms with Crippen LogP contribution in [0, 0.1) is 52.3 Å². The Morgan fingerprint density at radius 3 is 2.43 bits per heavy atom. The van der Waals surface area contributed by atoms with Gasteiger partial charge in [0.1, 0.15) is 0 Å². The first kappa shape index (κ1) is 28.1. The SMILES string of the molecule is CC(C)C(NC(=O)C[C@@H](C)C1CC[C@H]2[C@@H]3[C@@H](O)C[C@@H]4C[C@H](O)CC[C@]4(C)[C@H]3CC[C@]12C)c1ccc(Br)s1. The van der Waals surface area contributed by atoms with Crippen LogP contribution in [-0.2, 0) is 4.79 Å². The molecule has 208 valence electrons. The van der Waals surface area contributed by atoms with Crippen molar-refractivity contribution in [3.63, 3.8) is 0 Å². The molecule has 4 nitrogen and oxygen atoms in total. The summed E-state index contributed by atoms with van der Waals surface area (Å²) in [6.07, 6.45) is 8.67. The molecule has 1 aromatic rings. The van der Waals surface area contributed by atoms with E-state index in [1.165, 1.54) is 30.6 Å². The van der Waals surface area contributed by atoms with Crippen molar-refractivity contribution in [3.8, 4) is 0 Å². The Bertz CT molecular complexity index is 981. The van der Waals surface area contributed by atoms with Gasteiger partial charge in [0.2, 0.25) is 5.91 Å². The van der Waals surface area contributed by atoms with Crippen LogP contribution in [-0.4, -0.2) is 28.3 Å². The van der Waals surface area contributed by atoms with Gasteiger partial charge in [-0.15, -0.1) is 11.3 Å². The lowest BCUT2D eigenvalue weighted by Crippen LogP contribution is -2.58. The number of halogens is 1. The zero-order chi connectivity index (χ0) is 26.7. The number of carbonyl (C=O) groups excluding carboxylic acids is 1. The summed E-state index contributed by atoms with van der Waals surface area (Å²) in [5, 5.41) is 25.2. The van der Waals surface area contributed by atoms with Gasteiger partial charge in [0.15, 0.2) is 0 Å². The van der Waals surface area contributed by atoms with Gasteiger partial charge in [-0.2, -0.15) is 0 Å². The molecule has 0 aliphatic heterocycles. The number of nitrogens with one attached hydrogen (secondary N) is 1. The van der Waals surface area contributed by atoms with Gasteiger partial charge in [0, 0.05) is 11.3 Å². The van der Waals surface area contributed by atoms with Crippen LogP contribution in [0.4, 0.5) is 0 Å². The third kappa shape index (κ3) is 5.00. The van der Waals surface area contributed by atoms with Crippen LogP contribution in [0.5, 0.6) is 0 Å². The summed E-state index contributed by atoms with van der Waals surface area (Å²) in [5.74, 6) is 3.33. The average Bonchev–Trinajstić information content (AvgIpc) is 3.41. The molecule has 4 fully saturated rings. The zero-order valence-corrected chi connectivity index (χ0v) is 25.8. The summed E-state index contributed by atoms with van der Waals surface area (Å²) in [6.45, 7) is 11.6. The van der Waals surface area contributed by atoms with Gasteiger partial charge in [0.25, 0.3) is 0 Å². The van der Waals surface area contributed by atoms with Crippen LogP contribution in [0.1, 0.15) is 103 Å². The molecule has 11 atom stereocenters. The molecule has 0 spiro atoms. The Kier molecular flexibility index (Phi) is 7.99. The number of thiophene rings is 1. The van der Waals surface area contributed by atoms with E-state index in [2.05, 4.69) is 68.0 Å². The molecule has 0 aromatic carbocycles. The smallest absolute Gasteiger partial charge is 0.220 e. The number of aliphatic hydroxyl groups excluding tert-OH is 2. The maximum atomic E-state index is 13.3. The summed E-state index contributed by atoms with van der Waals surface area (Å²) in [6, 6.07) is 4.24. The van der Waals surface area contributed by atoms with Gasteiger partial charge < -0.3 is 15.5 Å². The second-order valence-electron chi connectivity index (χ2n) is 14.1. The number of aliphatic hydroxyl groups is 2. The van der Waals surface area contributed by atoms with E-state index >= 15 is 0 Å². The topological polar surface area (TPSA) is 69.6 Å². The molecular weight excluding hydrogens is 546 g/mol. The lowest BCUT2D eigenvalue weighted by atomic mass is 9.43. The predicted octanol–water partition coefficient (Wildman–Crippen LogP) is 7.34. The van der Waals surface area contributed by atoms with E-state index in [1.54, 1.807) is 11.3 Å². The zero-order valence-electron chi connectivity index (χ0n) is 23.4. The molecule has 0 saturated heterocycles. The molecule has 2 unspecified atom stereocenters. The fourth-order valence-corrected chi connectivity index (χ4v) is 11.6. The summed E-state index contributed by atoms with van der Waals surface area (Å²) < 4.78 is 1.10. The van der Waals surface area contributed by atoms with E-state index in [9.17, 15) is 15.0 Å². The monoisotopic (exact) mass is 593 g/mol. The van der Waals surface area contributed by atoms with E-state index in [0.717, 1.165) is 29.5 Å². The minimum absolute atomic E-state index is 0.0541. The van der Waals surface area contributed by atoms with Crippen LogP contribution in [0.2, 0.25) is 0 Å². The van der Waals surface area contributed by atoms with Gasteiger partial charge >= 0.3 is 0 Å². The van der Waals surface area contributed by atoms with E-state index in [4.69, 9.17) is 0 Å². The predicted molar refractivity (Wildman–Crippen MR) is 154 cm³/mol. The van der Waals surface area contributed by atoms with Gasteiger partial charge in [-0.25, -0.2) is 0 Å². The Balaban J connectivity index is 1.27. The van der Waals surface area contributed by atoms with Crippen molar-refractivity contribution in [1.29, 1.82) is 0 Å². The summed E-state index contributed by atoms with van der Waals surface area (Å²) in [7, 11) is 0. The molecule has 4 aliphatic carbocycles. The largest absolute Gasteiger partial charge is 0.393 e. The number of hydrogen-bond donors (Lipinski definition) is 3. The lowest BCUT2D eigenvalue weighted by molar-refractivity contribution is -0.174. The second-order valence-corrected chi connectivity index (χ2v) is 16.6. The number of carbonyl (C=O) groups is 1. The second kappa shape index (κ2) is 10.5. The van der Waals surface area contributed by atoms with Crippen LogP contribution in [0.3, 0.4) is 0 Å². The van der Waals surface area contributed by atoms with Crippen LogP contribution in [0.15, 0.2) is 15.9 Å². The average molecular weight is 595 g/mol. The summed E-state index contributed by atoms with van der Waals surface area (Å²) in [5.41, 5.74) is 0.464. The molecule has 5 rings (SSSR count). The van der Waals surface area contributed by atoms with Gasteiger partial charge in [-0.05, 0) is 132 Å². The molecule has 1 amide bonds. The number of rotatable bonds is 6. The highest BCUT2D eigenvalue weighted by molar-refractivity contribution is 9.11. The highest BCUT2D eigenvalue weighted by atomic mass is 79.9. The van der Waals surface area contributed by atoms with Gasteiger partial charge in [-0.1, -0.05) is 34.6 Å². The maximum Gasteiger partial charge on any atom is 0.220 e. The Morgan fingerprint density at radius 1 is 1.05 bits per heavy atom. The van der Waals surface area contributed by atoms with Crippen molar-refractivity contribution in [2.75, 3.05) is 0 Å². The molecular formula is C31H48BrNO3S. The highest BCUT2D eigenvalue weighted by Crippen LogP contribution is 2.68. The Labute approximate surface area is 236 Å². The standard InChI is InChI=1S/C31H48BrNO3S/c1-17(2)29(25-8-9-26(32)37-25)33-27(36)14-18(3)21-6-7-22-28-23(11-13-31(21,22)5)30(4)12-10-20(34)15-19(30)16-24(28)35/h8-9,17-24,28-29,34-35H,6-7,10-16H2,1-5H3,(H,33,36)/t18-,19+,20-,21?,22+,23+,24+,28+,29?,30+,31-/m1/s1. The summed E-state index contributed by atoms with van der Waals surface area (Å²) in [4.78, 5) is 14.5. The maximum absolute atomic E-state index is 13.3. The van der Waals surface area contributed by atoms with E-state index in [0.29, 0.717) is 47.8 Å². The van der Waals surface area contributed by atoms with Crippen molar-refractivity contribution in [1.82, 2.24) is 5.32 Å². The third-order valence-corrected chi connectivity index (χ3v) is 13.5. The fraction of sp³-hybridized carbons (Fsp3) is 0.839. The van der Waals surface area contributed by atoms with Crippen molar-refractivity contribution < 1.29 is 15.0 Å². The van der Waals surface area contributed by atoms with E-state index in [1.807, 2.05) is 0 Å². The molecule has 3 N–H and O–H groups in total. The Morgan fingerprint density at radius 2 is 1.76 bits per heavy atom. The van der Waals surface area contributed by atoms with Crippen molar-refractivity contribution in [2.45, 2.75) is 111 Å². The fourth-order valence-electron chi connectivity index (χ4n) is 9.90. The minimum atomic E-state index is -0.243. The van der Waals surface area contributed by atoms with E-state index in [-0.39, 0.29) is 35.0 Å². The van der Waals surface area contributed by atoms with Crippen molar-refractivity contribution >= 4 is 33.2 Å². The molecule has 1 heterocycles. The molecule has 4 saturated carbocycles. The van der Waals surface area contributed by atoms with Gasteiger partial charge in [0.05, 0.1) is 22.0 Å². The molecule has 0 bridgehead atoms. The first-order chi connectivity index (χ1) is 17.4. The highest BCUT2D eigenvalue weighted by Gasteiger charge is 2.62. The van der Waals surface area contributed by atoms with Crippen molar-refractivity contribution in [3.05, 3.63) is 20.8 Å². The van der Waals surface area contributed by atoms with Crippen LogP contribution >= 0.6 is 27.3 Å². The van der Waals surface area contributed by atoms with Crippen LogP contribution < -0.4 is 5.32 Å². The molecule has 4 aliphatic rings. The summed E-state index contributed by atoms with van der Waals surface area (Å²) >= 11 is 5.28. The van der Waals surface area contributed by atoms with Crippen LogP contribution in [0.25, 0.3) is 0 Å². The normalized spacial score (nSPS) is 43.0. The molecule has 1 aromatic heterocycles. The number of amides is 1. The first-order valence-electron chi connectivity index (χ1n) is 14.8.